The topological polar surface area (TPSA) is 78.2 Å². The average Bonchev–Trinajstić information content (AvgIpc) is 2.80. The van der Waals surface area contributed by atoms with Crippen LogP contribution < -0.4 is 0 Å². The summed E-state index contributed by atoms with van der Waals surface area (Å²) >= 11 is 0. The van der Waals surface area contributed by atoms with E-state index in [9.17, 15) is 5.26 Å². The van der Waals surface area contributed by atoms with Crippen LogP contribution in [-0.2, 0) is 0 Å². The number of nitriles is 1. The molecule has 0 aliphatic carbocycles. The standard InChI is InChI=1S/C14H11N5/c1-9-17-13-5-4-10(7-14(13)18-9)11(8-15)12-3-2-6-16-19-12/h2-7,11H,1H3,(H,17,18). The Labute approximate surface area is 109 Å². The molecule has 0 aliphatic rings. The van der Waals surface area contributed by atoms with Gasteiger partial charge in [-0.2, -0.15) is 15.5 Å². The lowest BCUT2D eigenvalue weighted by atomic mass is 9.96. The molecule has 1 N–H and O–H groups in total. The van der Waals surface area contributed by atoms with Crippen LogP contribution in [0.2, 0.25) is 0 Å². The first-order valence-electron chi connectivity index (χ1n) is 5.91. The maximum Gasteiger partial charge on any atom is 0.115 e. The van der Waals surface area contributed by atoms with E-state index in [1.54, 1.807) is 12.3 Å². The third-order valence-electron chi connectivity index (χ3n) is 2.98. The van der Waals surface area contributed by atoms with Crippen LogP contribution >= 0.6 is 0 Å². The number of fused-ring (bicyclic) bond motifs is 1. The van der Waals surface area contributed by atoms with Gasteiger partial charge < -0.3 is 4.98 Å². The van der Waals surface area contributed by atoms with E-state index in [1.165, 1.54) is 0 Å². The monoisotopic (exact) mass is 249 g/mol. The molecule has 2 aromatic heterocycles. The predicted octanol–water partition coefficient (Wildman–Crippen LogP) is 2.32. The van der Waals surface area contributed by atoms with Crippen LogP contribution in [-0.4, -0.2) is 20.2 Å². The number of aromatic amines is 1. The van der Waals surface area contributed by atoms with Gasteiger partial charge in [-0.1, -0.05) is 6.07 Å². The van der Waals surface area contributed by atoms with Crippen LogP contribution in [0, 0.1) is 18.3 Å². The van der Waals surface area contributed by atoms with Crippen molar-refractivity contribution in [3.8, 4) is 6.07 Å². The largest absolute Gasteiger partial charge is 0.342 e. The lowest BCUT2D eigenvalue weighted by molar-refractivity contribution is 0.885. The molecule has 1 unspecified atom stereocenters. The van der Waals surface area contributed by atoms with Gasteiger partial charge in [0.15, 0.2) is 0 Å². The Kier molecular flexibility index (Phi) is 2.69. The highest BCUT2D eigenvalue weighted by Crippen LogP contribution is 2.24. The van der Waals surface area contributed by atoms with Crippen LogP contribution in [0.5, 0.6) is 0 Å². The van der Waals surface area contributed by atoms with Crippen molar-refractivity contribution in [1.29, 1.82) is 5.26 Å². The highest BCUT2D eigenvalue weighted by atomic mass is 15.1. The van der Waals surface area contributed by atoms with Crippen molar-refractivity contribution in [2.24, 2.45) is 0 Å². The van der Waals surface area contributed by atoms with Gasteiger partial charge in [0.05, 0.1) is 22.8 Å². The Balaban J connectivity index is 2.09. The van der Waals surface area contributed by atoms with Gasteiger partial charge >= 0.3 is 0 Å². The number of H-pyrrole nitrogens is 1. The first-order valence-corrected chi connectivity index (χ1v) is 5.91. The summed E-state index contributed by atoms with van der Waals surface area (Å²) in [6, 6.07) is 11.6. The molecular weight excluding hydrogens is 238 g/mol. The number of hydrogen-bond acceptors (Lipinski definition) is 4. The van der Waals surface area contributed by atoms with Crippen molar-refractivity contribution in [2.75, 3.05) is 0 Å². The molecule has 3 rings (SSSR count). The molecule has 5 nitrogen and oxygen atoms in total. The second-order valence-corrected chi connectivity index (χ2v) is 4.31. The molecule has 0 spiro atoms. The summed E-state index contributed by atoms with van der Waals surface area (Å²) in [5, 5.41) is 17.2. The van der Waals surface area contributed by atoms with E-state index in [1.807, 2.05) is 31.2 Å². The molecule has 19 heavy (non-hydrogen) atoms. The second kappa shape index (κ2) is 4.50. The molecule has 0 radical (unpaired) electrons. The number of nitrogens with zero attached hydrogens (tertiary/aromatic N) is 4. The van der Waals surface area contributed by atoms with Crippen LogP contribution in [0.25, 0.3) is 11.0 Å². The minimum absolute atomic E-state index is 0.415. The highest BCUT2D eigenvalue weighted by Gasteiger charge is 2.16. The summed E-state index contributed by atoms with van der Waals surface area (Å²) in [7, 11) is 0. The van der Waals surface area contributed by atoms with Crippen LogP contribution in [0.15, 0.2) is 36.5 Å². The maximum atomic E-state index is 9.37. The smallest absolute Gasteiger partial charge is 0.115 e. The first kappa shape index (κ1) is 11.4. The first-order chi connectivity index (χ1) is 9.28. The molecule has 92 valence electrons. The molecule has 0 amide bonds. The predicted molar refractivity (Wildman–Crippen MR) is 70.3 cm³/mol. The third kappa shape index (κ3) is 2.04. The molecule has 0 aliphatic heterocycles. The summed E-state index contributed by atoms with van der Waals surface area (Å²) in [6.07, 6.45) is 1.60. The Bertz CT molecular complexity index is 754. The molecule has 3 aromatic rings. The van der Waals surface area contributed by atoms with Gasteiger partial charge in [-0.05, 0) is 36.8 Å². The van der Waals surface area contributed by atoms with E-state index in [0.29, 0.717) is 5.69 Å². The van der Waals surface area contributed by atoms with Gasteiger partial charge in [-0.3, -0.25) is 0 Å². The Morgan fingerprint density at radius 3 is 2.95 bits per heavy atom. The van der Waals surface area contributed by atoms with E-state index in [2.05, 4.69) is 26.2 Å². The van der Waals surface area contributed by atoms with Crippen molar-refractivity contribution >= 4 is 11.0 Å². The number of hydrogen-bond donors (Lipinski definition) is 1. The fourth-order valence-corrected chi connectivity index (χ4v) is 2.11. The Morgan fingerprint density at radius 2 is 2.21 bits per heavy atom. The number of benzene rings is 1. The number of imidazole rings is 1. The van der Waals surface area contributed by atoms with Crippen LogP contribution in [0.4, 0.5) is 0 Å². The second-order valence-electron chi connectivity index (χ2n) is 4.31. The Hall–Kier alpha value is -2.74. The van der Waals surface area contributed by atoms with Crippen molar-refractivity contribution in [1.82, 2.24) is 20.2 Å². The zero-order valence-corrected chi connectivity index (χ0v) is 10.3. The molecule has 5 heteroatoms. The number of nitrogens with one attached hydrogen (secondary N) is 1. The highest BCUT2D eigenvalue weighted by molar-refractivity contribution is 5.76. The Morgan fingerprint density at radius 1 is 1.32 bits per heavy atom. The quantitative estimate of drug-likeness (QED) is 0.756. The molecule has 1 aromatic carbocycles. The van der Waals surface area contributed by atoms with E-state index in [0.717, 1.165) is 22.4 Å². The maximum absolute atomic E-state index is 9.37. The average molecular weight is 249 g/mol. The van der Waals surface area contributed by atoms with Gasteiger partial charge in [-0.15, -0.1) is 0 Å². The summed E-state index contributed by atoms with van der Waals surface area (Å²) in [5.41, 5.74) is 3.37. The van der Waals surface area contributed by atoms with Crippen molar-refractivity contribution in [3.63, 3.8) is 0 Å². The fourth-order valence-electron chi connectivity index (χ4n) is 2.11. The lowest BCUT2D eigenvalue weighted by Crippen LogP contribution is -2.01. The van der Waals surface area contributed by atoms with Gasteiger partial charge in [-0.25, -0.2) is 4.98 Å². The molecular formula is C14H11N5. The summed E-state index contributed by atoms with van der Waals surface area (Å²) < 4.78 is 0. The van der Waals surface area contributed by atoms with E-state index in [-0.39, 0.29) is 0 Å². The summed E-state index contributed by atoms with van der Waals surface area (Å²) in [4.78, 5) is 7.52. The minimum atomic E-state index is -0.415. The van der Waals surface area contributed by atoms with E-state index in [4.69, 9.17) is 0 Å². The lowest BCUT2D eigenvalue weighted by Gasteiger charge is -2.07. The molecule has 2 heterocycles. The number of aryl methyl sites for hydroxylation is 1. The molecule has 0 saturated heterocycles. The van der Waals surface area contributed by atoms with Crippen LogP contribution in [0.3, 0.4) is 0 Å². The zero-order chi connectivity index (χ0) is 13.2. The van der Waals surface area contributed by atoms with Gasteiger partial charge in [0.1, 0.15) is 11.7 Å². The van der Waals surface area contributed by atoms with E-state index < -0.39 is 5.92 Å². The van der Waals surface area contributed by atoms with Gasteiger partial charge in [0.2, 0.25) is 0 Å². The van der Waals surface area contributed by atoms with Gasteiger partial charge in [0.25, 0.3) is 0 Å². The van der Waals surface area contributed by atoms with Crippen molar-refractivity contribution in [3.05, 3.63) is 53.6 Å². The van der Waals surface area contributed by atoms with E-state index >= 15 is 0 Å². The normalized spacial score (nSPS) is 12.2. The van der Waals surface area contributed by atoms with Gasteiger partial charge in [0, 0.05) is 6.20 Å². The SMILES string of the molecule is Cc1nc2ccc(C(C#N)c3cccnn3)cc2[nH]1. The molecule has 1 atom stereocenters. The number of rotatable bonds is 2. The minimum Gasteiger partial charge on any atom is -0.342 e. The van der Waals surface area contributed by atoms with Crippen molar-refractivity contribution in [2.45, 2.75) is 12.8 Å². The third-order valence-corrected chi connectivity index (χ3v) is 2.98. The molecule has 0 bridgehead atoms. The molecule has 0 saturated carbocycles. The molecule has 0 fully saturated rings. The fraction of sp³-hybridized carbons (Fsp3) is 0.143. The summed E-state index contributed by atoms with van der Waals surface area (Å²) in [5.74, 6) is 0.446. The zero-order valence-electron chi connectivity index (χ0n) is 10.3. The van der Waals surface area contributed by atoms with Crippen LogP contribution in [0.1, 0.15) is 23.0 Å². The number of aromatic nitrogens is 4. The summed E-state index contributed by atoms with van der Waals surface area (Å²) in [6.45, 7) is 1.91. The van der Waals surface area contributed by atoms with Crippen molar-refractivity contribution < 1.29 is 0 Å².